The van der Waals surface area contributed by atoms with Crippen LogP contribution in [0.5, 0.6) is 0 Å². The van der Waals surface area contributed by atoms with Gasteiger partial charge in [0.1, 0.15) is 0 Å². The van der Waals surface area contributed by atoms with Crippen LogP contribution in [-0.2, 0) is 9.53 Å². The Labute approximate surface area is 137 Å². The third-order valence-corrected chi connectivity index (χ3v) is 4.51. The Morgan fingerprint density at radius 1 is 1.36 bits per heavy atom. The van der Waals surface area contributed by atoms with Crippen molar-refractivity contribution < 1.29 is 9.53 Å². The first-order valence-electron chi connectivity index (χ1n) is 7.86. The van der Waals surface area contributed by atoms with Gasteiger partial charge in [-0.05, 0) is 37.0 Å². The average Bonchev–Trinajstić information content (AvgIpc) is 2.52. The van der Waals surface area contributed by atoms with Crippen LogP contribution in [0.1, 0.15) is 37.8 Å². The fraction of sp³-hybridized carbons (Fsp3) is 0.588. The van der Waals surface area contributed by atoms with E-state index in [0.717, 1.165) is 37.4 Å². The largest absolute Gasteiger partial charge is 0.385 e. The fourth-order valence-electron chi connectivity index (χ4n) is 2.92. The molecule has 1 aliphatic heterocycles. The molecule has 5 heteroatoms. The molecule has 0 spiro atoms. The van der Waals surface area contributed by atoms with E-state index >= 15 is 0 Å². The zero-order chi connectivity index (χ0) is 15.9. The molecule has 1 aromatic carbocycles. The van der Waals surface area contributed by atoms with E-state index in [1.54, 1.807) is 14.0 Å². The number of carbonyl (C=O) groups excluding carboxylic acids is 1. The summed E-state index contributed by atoms with van der Waals surface area (Å²) in [4.78, 5) is 13.3. The normalized spacial score (nSPS) is 17.5. The third kappa shape index (κ3) is 4.97. The summed E-state index contributed by atoms with van der Waals surface area (Å²) < 4.78 is 5.24. The maximum atomic E-state index is 11.4. The number of hydrogen-bond acceptors (Lipinski definition) is 3. The maximum absolute atomic E-state index is 11.4. The van der Waals surface area contributed by atoms with Gasteiger partial charge in [0.25, 0.3) is 0 Å². The van der Waals surface area contributed by atoms with Gasteiger partial charge in [-0.2, -0.15) is 0 Å². The Hall–Kier alpha value is -1.10. The van der Waals surface area contributed by atoms with E-state index < -0.39 is 0 Å². The van der Waals surface area contributed by atoms with Gasteiger partial charge in [0.05, 0.1) is 0 Å². The standard InChI is InChI=1S/C17H25ClN2O2/c1-13(21)20-10-7-16(8-11-20)19-17(9-12-22-2)14-3-5-15(18)6-4-14/h3-6,16-17,19H,7-12H2,1-2H3/t17-/m0/s1. The van der Waals surface area contributed by atoms with E-state index in [9.17, 15) is 4.79 Å². The first kappa shape index (κ1) is 17.3. The SMILES string of the molecule is COCC[C@H](NC1CCN(C(C)=O)CC1)c1ccc(Cl)cc1. The highest BCUT2D eigenvalue weighted by atomic mass is 35.5. The lowest BCUT2D eigenvalue weighted by molar-refractivity contribution is -0.129. The Balaban J connectivity index is 1.95. The number of piperidine rings is 1. The predicted octanol–water partition coefficient (Wildman–Crippen LogP) is 3.02. The van der Waals surface area contributed by atoms with Crippen molar-refractivity contribution in [3.05, 3.63) is 34.9 Å². The van der Waals surface area contributed by atoms with Crippen LogP contribution in [0.3, 0.4) is 0 Å². The third-order valence-electron chi connectivity index (χ3n) is 4.26. The van der Waals surface area contributed by atoms with Gasteiger partial charge in [-0.3, -0.25) is 4.79 Å². The number of halogens is 1. The zero-order valence-electron chi connectivity index (χ0n) is 13.3. The summed E-state index contributed by atoms with van der Waals surface area (Å²) in [5.74, 6) is 0.173. The van der Waals surface area contributed by atoms with Crippen LogP contribution in [0, 0.1) is 0 Å². The molecule has 0 aromatic heterocycles. The van der Waals surface area contributed by atoms with Crippen LogP contribution < -0.4 is 5.32 Å². The smallest absolute Gasteiger partial charge is 0.219 e. The number of rotatable bonds is 6. The summed E-state index contributed by atoms with van der Waals surface area (Å²) in [5, 5.41) is 4.48. The monoisotopic (exact) mass is 324 g/mol. The number of nitrogens with one attached hydrogen (secondary N) is 1. The molecular formula is C17H25ClN2O2. The molecule has 1 N–H and O–H groups in total. The van der Waals surface area contributed by atoms with E-state index in [1.165, 1.54) is 5.56 Å². The molecule has 122 valence electrons. The Bertz CT molecular complexity index is 470. The van der Waals surface area contributed by atoms with Gasteiger partial charge in [-0.25, -0.2) is 0 Å². The lowest BCUT2D eigenvalue weighted by atomic mass is 9.99. The van der Waals surface area contributed by atoms with Gasteiger partial charge < -0.3 is 15.0 Å². The first-order chi connectivity index (χ1) is 10.6. The molecule has 1 aliphatic rings. The van der Waals surface area contributed by atoms with E-state index in [2.05, 4.69) is 17.4 Å². The molecule has 0 aliphatic carbocycles. The summed E-state index contributed by atoms with van der Waals surface area (Å²) in [6.07, 6.45) is 2.92. The molecule has 1 amide bonds. The summed E-state index contributed by atoms with van der Waals surface area (Å²) in [5.41, 5.74) is 1.23. The van der Waals surface area contributed by atoms with Gasteiger partial charge in [-0.1, -0.05) is 23.7 Å². The van der Waals surface area contributed by atoms with Crippen LogP contribution in [0.15, 0.2) is 24.3 Å². The number of nitrogens with zero attached hydrogens (tertiary/aromatic N) is 1. The van der Waals surface area contributed by atoms with E-state index in [0.29, 0.717) is 12.6 Å². The Morgan fingerprint density at radius 3 is 2.55 bits per heavy atom. The predicted molar refractivity (Wildman–Crippen MR) is 89.1 cm³/mol. The molecule has 0 radical (unpaired) electrons. The summed E-state index contributed by atoms with van der Waals surface area (Å²) in [6, 6.07) is 8.69. The summed E-state index contributed by atoms with van der Waals surface area (Å²) in [6.45, 7) is 4.03. The number of carbonyl (C=O) groups is 1. The number of methoxy groups -OCH3 is 1. The van der Waals surface area contributed by atoms with E-state index in [1.807, 2.05) is 17.0 Å². The molecule has 4 nitrogen and oxygen atoms in total. The number of ether oxygens (including phenoxy) is 1. The molecule has 2 rings (SSSR count). The molecule has 1 saturated heterocycles. The minimum absolute atomic E-state index is 0.173. The quantitative estimate of drug-likeness (QED) is 0.874. The number of hydrogen-bond donors (Lipinski definition) is 1. The van der Waals surface area contributed by atoms with Crippen LogP contribution in [0.4, 0.5) is 0 Å². The number of amides is 1. The second-order valence-electron chi connectivity index (χ2n) is 5.83. The van der Waals surface area contributed by atoms with Crippen molar-refractivity contribution in [2.75, 3.05) is 26.8 Å². The minimum atomic E-state index is 0.173. The van der Waals surface area contributed by atoms with Gasteiger partial charge in [0.2, 0.25) is 5.91 Å². The second kappa shape index (κ2) is 8.51. The van der Waals surface area contributed by atoms with Crippen molar-refractivity contribution in [2.24, 2.45) is 0 Å². The Morgan fingerprint density at radius 2 is 2.00 bits per heavy atom. The Kier molecular flexibility index (Phi) is 6.68. The molecule has 0 saturated carbocycles. The highest BCUT2D eigenvalue weighted by Gasteiger charge is 2.23. The van der Waals surface area contributed by atoms with Crippen molar-refractivity contribution >= 4 is 17.5 Å². The van der Waals surface area contributed by atoms with Crippen LogP contribution in [0.2, 0.25) is 5.02 Å². The average molecular weight is 325 g/mol. The highest BCUT2D eigenvalue weighted by molar-refractivity contribution is 6.30. The molecule has 1 fully saturated rings. The first-order valence-corrected chi connectivity index (χ1v) is 8.24. The topological polar surface area (TPSA) is 41.6 Å². The van der Waals surface area contributed by atoms with Crippen molar-refractivity contribution in [1.82, 2.24) is 10.2 Å². The van der Waals surface area contributed by atoms with Crippen LogP contribution in [0.25, 0.3) is 0 Å². The van der Waals surface area contributed by atoms with E-state index in [4.69, 9.17) is 16.3 Å². The fourth-order valence-corrected chi connectivity index (χ4v) is 3.05. The van der Waals surface area contributed by atoms with Crippen molar-refractivity contribution in [2.45, 2.75) is 38.3 Å². The van der Waals surface area contributed by atoms with Gasteiger partial charge in [0.15, 0.2) is 0 Å². The van der Waals surface area contributed by atoms with E-state index in [-0.39, 0.29) is 11.9 Å². The summed E-state index contributed by atoms with van der Waals surface area (Å²) >= 11 is 5.98. The van der Waals surface area contributed by atoms with Gasteiger partial charge >= 0.3 is 0 Å². The van der Waals surface area contributed by atoms with Gasteiger partial charge in [-0.15, -0.1) is 0 Å². The van der Waals surface area contributed by atoms with Crippen molar-refractivity contribution in [3.63, 3.8) is 0 Å². The maximum Gasteiger partial charge on any atom is 0.219 e. The molecule has 1 atom stereocenters. The zero-order valence-corrected chi connectivity index (χ0v) is 14.1. The molecular weight excluding hydrogens is 300 g/mol. The molecule has 22 heavy (non-hydrogen) atoms. The van der Waals surface area contributed by atoms with Crippen molar-refractivity contribution in [3.8, 4) is 0 Å². The lowest BCUT2D eigenvalue weighted by Gasteiger charge is -2.34. The molecule has 0 unspecified atom stereocenters. The molecule has 1 heterocycles. The molecule has 1 aromatic rings. The van der Waals surface area contributed by atoms with Gasteiger partial charge in [0, 0.05) is 50.8 Å². The lowest BCUT2D eigenvalue weighted by Crippen LogP contribution is -2.45. The van der Waals surface area contributed by atoms with Crippen LogP contribution in [-0.4, -0.2) is 43.7 Å². The summed E-state index contributed by atoms with van der Waals surface area (Å²) in [7, 11) is 1.73. The number of likely N-dealkylation sites (tertiary alicyclic amines) is 1. The minimum Gasteiger partial charge on any atom is -0.385 e. The second-order valence-corrected chi connectivity index (χ2v) is 6.27. The molecule has 0 bridgehead atoms. The van der Waals surface area contributed by atoms with Crippen molar-refractivity contribution in [1.29, 1.82) is 0 Å². The van der Waals surface area contributed by atoms with Crippen LogP contribution >= 0.6 is 11.6 Å². The highest BCUT2D eigenvalue weighted by Crippen LogP contribution is 2.22. The number of benzene rings is 1.